The van der Waals surface area contributed by atoms with Gasteiger partial charge in [0, 0.05) is 47.0 Å². The Kier molecular flexibility index (Phi) is 19.1. The van der Waals surface area contributed by atoms with Crippen LogP contribution in [0.4, 0.5) is 9.59 Å². The number of unbranched alkanes of at least 4 members (excludes halogenated alkanes) is 2. The highest BCUT2D eigenvalue weighted by atomic mass is 127. The fourth-order valence-corrected chi connectivity index (χ4v) is 9.61. The molecule has 0 saturated heterocycles. The Balaban J connectivity index is 1.71. The van der Waals surface area contributed by atoms with Crippen molar-refractivity contribution in [2.75, 3.05) is 0 Å². The summed E-state index contributed by atoms with van der Waals surface area (Å²) in [4.78, 5) is 55.4. The van der Waals surface area contributed by atoms with E-state index in [1.807, 2.05) is 72.8 Å². The number of fused-ring (bicyclic) bond motifs is 3. The highest BCUT2D eigenvalue weighted by molar-refractivity contribution is 14.1. The number of hydrogen-bond acceptors (Lipinski definition) is 8. The quantitative estimate of drug-likeness (QED) is 0.0283. The van der Waals surface area contributed by atoms with Crippen molar-refractivity contribution in [3.05, 3.63) is 138 Å². The molecule has 1 aliphatic carbocycles. The van der Waals surface area contributed by atoms with Crippen molar-refractivity contribution in [1.82, 2.24) is 0 Å². The maximum absolute atomic E-state index is 14.6. The monoisotopic (exact) mass is 1130 g/mol. The third-order valence-corrected chi connectivity index (χ3v) is 13.7. The molecule has 0 saturated carbocycles. The van der Waals surface area contributed by atoms with Crippen molar-refractivity contribution >= 4 is 80.6 Å². The molecular formula is C57H68I2O8. The highest BCUT2D eigenvalue weighted by Gasteiger charge is 2.46. The summed E-state index contributed by atoms with van der Waals surface area (Å²) in [6.07, 6.45) is 11.2. The molecule has 0 radical (unpaired) electrons. The van der Waals surface area contributed by atoms with Crippen molar-refractivity contribution in [1.29, 1.82) is 0 Å². The Labute approximate surface area is 426 Å². The zero-order valence-corrected chi connectivity index (χ0v) is 45.3. The summed E-state index contributed by atoms with van der Waals surface area (Å²) >= 11 is 4.42. The lowest BCUT2D eigenvalue weighted by Gasteiger charge is -2.39. The molecule has 0 amide bonds. The van der Waals surface area contributed by atoms with E-state index in [1.165, 1.54) is 12.2 Å². The predicted octanol–water partition coefficient (Wildman–Crippen LogP) is 16.7. The molecule has 67 heavy (non-hydrogen) atoms. The minimum absolute atomic E-state index is 0.0957. The first kappa shape index (κ1) is 53.7. The second-order valence-corrected chi connectivity index (χ2v) is 22.2. The standard InChI is InChI=1S/C57H68I2O8/c1-11-15-17-37(13-3)35-57(36-38(14-4)18-16-12-2)47-31-41(49(60)33-51(39-19-25-43(58)26-20-39)64-53(62)66-55(5,6)7)23-29-45(47)46-30-24-42(32-48(46)57)50(61)34-52(40-21-27-44(59)28-22-40)65-54(63)67-56(8,9)10/h19-34,37-38H,11-18,35-36H2,1-10H3/b51-33+,52-34+. The van der Waals surface area contributed by atoms with Gasteiger partial charge in [-0.2, -0.15) is 0 Å². The molecule has 4 aromatic carbocycles. The Hall–Kier alpha value is -4.30. The van der Waals surface area contributed by atoms with Crippen molar-refractivity contribution in [3.8, 4) is 11.1 Å². The first-order chi connectivity index (χ1) is 31.7. The lowest BCUT2D eigenvalue weighted by molar-refractivity contribution is 0.0134. The number of carbonyl (C=O) groups excluding carboxylic acids is 4. The third-order valence-electron chi connectivity index (χ3n) is 12.2. The molecule has 0 heterocycles. The lowest BCUT2D eigenvalue weighted by atomic mass is 9.64. The van der Waals surface area contributed by atoms with Gasteiger partial charge in [0.15, 0.2) is 11.6 Å². The molecule has 358 valence electrons. The third kappa shape index (κ3) is 14.8. The number of ketones is 2. The van der Waals surface area contributed by atoms with Gasteiger partial charge in [-0.3, -0.25) is 9.59 Å². The van der Waals surface area contributed by atoms with Crippen LogP contribution in [0.15, 0.2) is 97.1 Å². The number of halogens is 2. The van der Waals surface area contributed by atoms with Crippen LogP contribution in [0.5, 0.6) is 0 Å². The molecule has 10 heteroatoms. The van der Waals surface area contributed by atoms with E-state index < -0.39 is 28.9 Å². The predicted molar refractivity (Wildman–Crippen MR) is 286 cm³/mol. The van der Waals surface area contributed by atoms with E-state index in [1.54, 1.807) is 41.5 Å². The van der Waals surface area contributed by atoms with Gasteiger partial charge in [0.1, 0.15) is 22.7 Å². The minimum atomic E-state index is -0.897. The number of hydrogen-bond donors (Lipinski definition) is 0. The Bertz CT molecular complexity index is 2260. The smallest absolute Gasteiger partial charge is 0.428 e. The van der Waals surface area contributed by atoms with E-state index in [4.69, 9.17) is 18.9 Å². The first-order valence-electron chi connectivity index (χ1n) is 23.8. The van der Waals surface area contributed by atoms with E-state index in [-0.39, 0.29) is 23.1 Å². The molecule has 0 spiro atoms. The van der Waals surface area contributed by atoms with Crippen LogP contribution in [-0.4, -0.2) is 35.1 Å². The van der Waals surface area contributed by atoms with Crippen LogP contribution < -0.4 is 0 Å². The Morgan fingerprint density at radius 1 is 0.537 bits per heavy atom. The number of allylic oxidation sites excluding steroid dienone is 2. The van der Waals surface area contributed by atoms with Crippen molar-refractivity contribution in [2.45, 2.75) is 150 Å². The maximum atomic E-state index is 14.6. The fourth-order valence-electron chi connectivity index (χ4n) is 8.89. The summed E-state index contributed by atoms with van der Waals surface area (Å²) in [5.74, 6) is 0.331. The van der Waals surface area contributed by atoms with E-state index in [0.29, 0.717) is 34.1 Å². The topological polar surface area (TPSA) is 105 Å². The normalized spacial score (nSPS) is 14.4. The summed E-state index contributed by atoms with van der Waals surface area (Å²) in [6.45, 7) is 19.6. The SMILES string of the molecule is CCCCC(CC)CC1(CC(CC)CCCC)c2cc(C(=O)/C=C(/OC(=O)OC(C)(C)C)c3ccc(I)cc3)ccc2-c2ccc(C(=O)/C=C(/OC(=O)OC(C)(C)C)c3ccc(I)cc3)cc21. The molecular weight excluding hydrogens is 1070 g/mol. The van der Waals surface area contributed by atoms with Crippen LogP contribution in [0, 0.1) is 19.0 Å². The van der Waals surface area contributed by atoms with Crippen LogP contribution in [0.3, 0.4) is 0 Å². The average Bonchev–Trinajstić information content (AvgIpc) is 3.52. The van der Waals surface area contributed by atoms with Gasteiger partial charge < -0.3 is 18.9 Å². The molecule has 5 rings (SSSR count). The highest BCUT2D eigenvalue weighted by Crippen LogP contribution is 2.57. The minimum Gasteiger partial charge on any atom is -0.428 e. The molecule has 0 aliphatic heterocycles. The summed E-state index contributed by atoms with van der Waals surface area (Å²) in [5, 5.41) is 0. The van der Waals surface area contributed by atoms with Gasteiger partial charge in [-0.25, -0.2) is 9.59 Å². The summed E-state index contributed by atoms with van der Waals surface area (Å²) in [7, 11) is 0. The molecule has 0 aromatic heterocycles. The molecule has 2 unspecified atom stereocenters. The van der Waals surface area contributed by atoms with E-state index in [2.05, 4.69) is 85.0 Å². The molecule has 0 bridgehead atoms. The number of ether oxygens (including phenoxy) is 4. The molecule has 0 fully saturated rings. The summed E-state index contributed by atoms with van der Waals surface area (Å²) < 4.78 is 24.6. The van der Waals surface area contributed by atoms with Crippen LogP contribution in [-0.2, 0) is 24.4 Å². The molecule has 0 N–H and O–H groups in total. The van der Waals surface area contributed by atoms with Crippen molar-refractivity contribution in [3.63, 3.8) is 0 Å². The molecule has 8 nitrogen and oxygen atoms in total. The number of carbonyl (C=O) groups is 4. The van der Waals surface area contributed by atoms with E-state index in [9.17, 15) is 19.2 Å². The van der Waals surface area contributed by atoms with Gasteiger partial charge in [0.2, 0.25) is 0 Å². The zero-order chi connectivity index (χ0) is 49.1. The Morgan fingerprint density at radius 2 is 0.881 bits per heavy atom. The van der Waals surface area contributed by atoms with E-state index >= 15 is 0 Å². The fraction of sp³-hybridized carbons (Fsp3) is 0.439. The van der Waals surface area contributed by atoms with Crippen LogP contribution >= 0.6 is 45.2 Å². The van der Waals surface area contributed by atoms with Crippen LogP contribution in [0.25, 0.3) is 22.6 Å². The zero-order valence-electron chi connectivity index (χ0n) is 41.0. The first-order valence-corrected chi connectivity index (χ1v) is 26.0. The maximum Gasteiger partial charge on any atom is 0.514 e. The molecule has 2 atom stereocenters. The Morgan fingerprint density at radius 3 is 1.19 bits per heavy atom. The second-order valence-electron chi connectivity index (χ2n) is 19.7. The van der Waals surface area contributed by atoms with Gasteiger partial charge in [0.05, 0.1) is 0 Å². The summed E-state index contributed by atoms with van der Waals surface area (Å²) in [5.41, 5.74) is 4.17. The second kappa shape index (κ2) is 23.8. The van der Waals surface area contributed by atoms with Crippen molar-refractivity contribution in [2.24, 2.45) is 11.8 Å². The van der Waals surface area contributed by atoms with Gasteiger partial charge in [-0.05, 0) is 170 Å². The molecule has 1 aliphatic rings. The van der Waals surface area contributed by atoms with Gasteiger partial charge in [-0.15, -0.1) is 0 Å². The van der Waals surface area contributed by atoms with Gasteiger partial charge in [-0.1, -0.05) is 128 Å². The van der Waals surface area contributed by atoms with Crippen LogP contribution in [0.2, 0.25) is 0 Å². The largest absolute Gasteiger partial charge is 0.514 e. The van der Waals surface area contributed by atoms with Crippen LogP contribution in [0.1, 0.15) is 176 Å². The molecule has 4 aromatic rings. The van der Waals surface area contributed by atoms with E-state index in [0.717, 1.165) is 93.6 Å². The number of benzene rings is 4. The van der Waals surface area contributed by atoms with Crippen molar-refractivity contribution < 1.29 is 38.1 Å². The van der Waals surface area contributed by atoms with Gasteiger partial charge in [0.25, 0.3) is 0 Å². The summed E-state index contributed by atoms with van der Waals surface area (Å²) in [6, 6.07) is 26.7. The average molecular weight is 1130 g/mol. The number of rotatable bonds is 20. The lowest BCUT2D eigenvalue weighted by Crippen LogP contribution is -2.32. The van der Waals surface area contributed by atoms with Gasteiger partial charge >= 0.3 is 12.3 Å².